The Kier molecular flexibility index (Phi) is 2.09. The molecule has 0 aliphatic carbocycles. The van der Waals surface area contributed by atoms with E-state index in [-0.39, 0.29) is 12.7 Å². The van der Waals surface area contributed by atoms with E-state index in [0.29, 0.717) is 12.0 Å². The summed E-state index contributed by atoms with van der Waals surface area (Å²) < 4.78 is 5.37. The van der Waals surface area contributed by atoms with Gasteiger partial charge in [0.15, 0.2) is 0 Å². The van der Waals surface area contributed by atoms with E-state index in [9.17, 15) is 0 Å². The van der Waals surface area contributed by atoms with E-state index in [1.807, 2.05) is 6.92 Å². The topological polar surface area (TPSA) is 29.5 Å². The van der Waals surface area contributed by atoms with Crippen LogP contribution in [0, 0.1) is 5.92 Å². The van der Waals surface area contributed by atoms with Gasteiger partial charge in [-0.3, -0.25) is 0 Å². The van der Waals surface area contributed by atoms with Crippen LogP contribution in [0.4, 0.5) is 0 Å². The van der Waals surface area contributed by atoms with Gasteiger partial charge in [0.1, 0.15) is 0 Å². The molecular weight excluding hydrogens is 116 g/mol. The molecular formula is C7H14O2. The van der Waals surface area contributed by atoms with E-state index in [1.54, 1.807) is 0 Å². The van der Waals surface area contributed by atoms with Crippen molar-refractivity contribution in [1.29, 1.82) is 0 Å². The van der Waals surface area contributed by atoms with E-state index < -0.39 is 0 Å². The standard InChI is InChI=1S/C7H14O2/c1-5-3-6(2)9-7(5)4-8/h5-8H,3-4H2,1-2H3/t5-,6-,7+/m0/s1. The van der Waals surface area contributed by atoms with Gasteiger partial charge in [-0.25, -0.2) is 0 Å². The Labute approximate surface area is 55.8 Å². The first-order chi connectivity index (χ1) is 4.24. The lowest BCUT2D eigenvalue weighted by Gasteiger charge is -2.09. The molecule has 0 aromatic heterocycles. The van der Waals surface area contributed by atoms with E-state index in [1.165, 1.54) is 0 Å². The Morgan fingerprint density at radius 2 is 2.22 bits per heavy atom. The molecule has 0 aromatic rings. The summed E-state index contributed by atoms with van der Waals surface area (Å²) in [5.74, 6) is 0.532. The molecule has 0 unspecified atom stereocenters. The molecule has 0 radical (unpaired) electrons. The molecule has 1 N–H and O–H groups in total. The van der Waals surface area contributed by atoms with Crippen molar-refractivity contribution in [3.8, 4) is 0 Å². The molecule has 1 saturated heterocycles. The Bertz CT molecular complexity index is 92.9. The minimum Gasteiger partial charge on any atom is -0.394 e. The lowest BCUT2D eigenvalue weighted by molar-refractivity contribution is 0.00884. The van der Waals surface area contributed by atoms with Crippen LogP contribution in [0.3, 0.4) is 0 Å². The third-order valence-corrected chi connectivity index (χ3v) is 1.93. The summed E-state index contributed by atoms with van der Waals surface area (Å²) in [6.07, 6.45) is 1.53. The second-order valence-corrected chi connectivity index (χ2v) is 2.88. The highest BCUT2D eigenvalue weighted by molar-refractivity contribution is 4.76. The number of hydrogen-bond donors (Lipinski definition) is 1. The lowest BCUT2D eigenvalue weighted by Crippen LogP contribution is -2.18. The van der Waals surface area contributed by atoms with Gasteiger partial charge in [-0.05, 0) is 19.3 Å². The molecule has 1 fully saturated rings. The molecule has 0 spiro atoms. The van der Waals surface area contributed by atoms with Crippen molar-refractivity contribution in [3.63, 3.8) is 0 Å². The summed E-state index contributed by atoms with van der Waals surface area (Å²) in [5, 5.41) is 8.73. The Morgan fingerprint density at radius 3 is 2.44 bits per heavy atom. The van der Waals surface area contributed by atoms with E-state index in [4.69, 9.17) is 9.84 Å². The van der Waals surface area contributed by atoms with Crippen LogP contribution in [0.5, 0.6) is 0 Å². The number of rotatable bonds is 1. The van der Waals surface area contributed by atoms with Crippen LogP contribution in [0.1, 0.15) is 20.3 Å². The third kappa shape index (κ3) is 1.43. The van der Waals surface area contributed by atoms with Gasteiger partial charge in [0, 0.05) is 0 Å². The Balaban J connectivity index is 2.38. The van der Waals surface area contributed by atoms with Crippen LogP contribution in [0.15, 0.2) is 0 Å². The van der Waals surface area contributed by atoms with Gasteiger partial charge in [-0.1, -0.05) is 6.92 Å². The number of aliphatic hydroxyl groups excluding tert-OH is 1. The first kappa shape index (κ1) is 7.03. The van der Waals surface area contributed by atoms with Crippen LogP contribution >= 0.6 is 0 Å². The third-order valence-electron chi connectivity index (χ3n) is 1.93. The first-order valence-electron chi connectivity index (χ1n) is 3.50. The Morgan fingerprint density at radius 1 is 1.56 bits per heavy atom. The number of hydrogen-bond acceptors (Lipinski definition) is 2. The summed E-state index contributed by atoms with van der Waals surface area (Å²) in [6.45, 7) is 4.34. The first-order valence-corrected chi connectivity index (χ1v) is 3.50. The molecule has 0 bridgehead atoms. The summed E-state index contributed by atoms with van der Waals surface area (Å²) in [7, 11) is 0. The van der Waals surface area contributed by atoms with Gasteiger partial charge < -0.3 is 9.84 Å². The van der Waals surface area contributed by atoms with Crippen molar-refractivity contribution in [1.82, 2.24) is 0 Å². The molecule has 1 rings (SSSR count). The number of ether oxygens (including phenoxy) is 1. The minimum absolute atomic E-state index is 0.0972. The molecule has 0 saturated carbocycles. The highest BCUT2D eigenvalue weighted by Crippen LogP contribution is 2.24. The van der Waals surface area contributed by atoms with Crippen molar-refractivity contribution in [2.45, 2.75) is 32.5 Å². The van der Waals surface area contributed by atoms with Crippen LogP contribution in [-0.2, 0) is 4.74 Å². The zero-order valence-electron chi connectivity index (χ0n) is 6.00. The molecule has 1 aliphatic rings. The van der Waals surface area contributed by atoms with Crippen molar-refractivity contribution in [2.75, 3.05) is 6.61 Å². The second-order valence-electron chi connectivity index (χ2n) is 2.88. The van der Waals surface area contributed by atoms with Gasteiger partial charge >= 0.3 is 0 Å². The van der Waals surface area contributed by atoms with Gasteiger partial charge in [0.05, 0.1) is 18.8 Å². The van der Waals surface area contributed by atoms with Crippen molar-refractivity contribution >= 4 is 0 Å². The number of aliphatic hydroxyl groups is 1. The molecule has 2 heteroatoms. The monoisotopic (exact) mass is 130 g/mol. The molecule has 0 aromatic carbocycles. The summed E-state index contributed by atoms with van der Waals surface area (Å²) in [5.41, 5.74) is 0. The zero-order valence-corrected chi connectivity index (χ0v) is 6.00. The van der Waals surface area contributed by atoms with E-state index in [2.05, 4.69) is 6.92 Å². The van der Waals surface area contributed by atoms with Crippen molar-refractivity contribution < 1.29 is 9.84 Å². The summed E-state index contributed by atoms with van der Waals surface area (Å²) >= 11 is 0. The minimum atomic E-state index is 0.0972. The van der Waals surface area contributed by atoms with Crippen LogP contribution in [0.25, 0.3) is 0 Å². The van der Waals surface area contributed by atoms with Crippen LogP contribution in [0.2, 0.25) is 0 Å². The van der Waals surface area contributed by atoms with Gasteiger partial charge in [0.25, 0.3) is 0 Å². The normalized spacial score (nSPS) is 43.7. The fourth-order valence-electron chi connectivity index (χ4n) is 1.39. The largest absolute Gasteiger partial charge is 0.394 e. The highest BCUT2D eigenvalue weighted by atomic mass is 16.5. The average molecular weight is 130 g/mol. The van der Waals surface area contributed by atoms with Gasteiger partial charge in [-0.15, -0.1) is 0 Å². The highest BCUT2D eigenvalue weighted by Gasteiger charge is 2.28. The predicted molar refractivity (Wildman–Crippen MR) is 35.2 cm³/mol. The molecule has 9 heavy (non-hydrogen) atoms. The van der Waals surface area contributed by atoms with Crippen LogP contribution < -0.4 is 0 Å². The maximum Gasteiger partial charge on any atom is 0.0835 e. The molecule has 0 amide bonds. The maximum atomic E-state index is 8.73. The zero-order chi connectivity index (χ0) is 6.85. The predicted octanol–water partition coefficient (Wildman–Crippen LogP) is 0.792. The SMILES string of the molecule is C[C@H]1C[C@H](C)[C@@H](CO)O1. The molecule has 3 atom stereocenters. The average Bonchev–Trinajstić information content (AvgIpc) is 2.10. The fourth-order valence-corrected chi connectivity index (χ4v) is 1.39. The van der Waals surface area contributed by atoms with Crippen molar-refractivity contribution in [3.05, 3.63) is 0 Å². The van der Waals surface area contributed by atoms with E-state index in [0.717, 1.165) is 6.42 Å². The fraction of sp³-hybridized carbons (Fsp3) is 1.00. The van der Waals surface area contributed by atoms with E-state index >= 15 is 0 Å². The lowest BCUT2D eigenvalue weighted by atomic mass is 10.0. The molecule has 1 heterocycles. The summed E-state index contributed by atoms with van der Waals surface area (Å²) in [6, 6.07) is 0. The molecule has 2 nitrogen and oxygen atoms in total. The molecule has 54 valence electrons. The second kappa shape index (κ2) is 2.67. The van der Waals surface area contributed by atoms with Gasteiger partial charge in [-0.2, -0.15) is 0 Å². The quantitative estimate of drug-likeness (QED) is 0.568. The molecule has 1 aliphatic heterocycles. The summed E-state index contributed by atoms with van der Waals surface area (Å²) in [4.78, 5) is 0. The maximum absolute atomic E-state index is 8.73. The van der Waals surface area contributed by atoms with Gasteiger partial charge in [0.2, 0.25) is 0 Å². The van der Waals surface area contributed by atoms with Crippen molar-refractivity contribution in [2.24, 2.45) is 5.92 Å². The Hall–Kier alpha value is -0.0800. The smallest absolute Gasteiger partial charge is 0.0835 e. The van der Waals surface area contributed by atoms with Crippen LogP contribution in [-0.4, -0.2) is 23.9 Å².